The van der Waals surface area contributed by atoms with Crippen molar-refractivity contribution in [3.05, 3.63) is 23.5 Å². The van der Waals surface area contributed by atoms with E-state index < -0.39 is 0 Å². The lowest BCUT2D eigenvalue weighted by Gasteiger charge is -2.30. The minimum atomic E-state index is -0.350. The monoisotopic (exact) mass is 266 g/mol. The molecule has 0 aromatic carbocycles. The van der Waals surface area contributed by atoms with Crippen LogP contribution >= 0.6 is 0 Å². The third-order valence-corrected chi connectivity index (χ3v) is 3.85. The lowest BCUT2D eigenvalue weighted by Crippen LogP contribution is -2.39. The Kier molecular flexibility index (Phi) is 4.99. The molecule has 2 atom stereocenters. The van der Waals surface area contributed by atoms with Gasteiger partial charge in [-0.05, 0) is 30.9 Å². The van der Waals surface area contributed by atoms with E-state index in [2.05, 4.69) is 15.0 Å². The highest BCUT2D eigenvalue weighted by Gasteiger charge is 2.23. The van der Waals surface area contributed by atoms with Crippen LogP contribution in [0.1, 0.15) is 41.9 Å². The highest BCUT2D eigenvalue weighted by atomic mass is 16.5. The van der Waals surface area contributed by atoms with Crippen LogP contribution in [0.2, 0.25) is 0 Å². The van der Waals surface area contributed by atoms with Gasteiger partial charge in [-0.1, -0.05) is 12.8 Å². The fourth-order valence-electron chi connectivity index (χ4n) is 2.71. The molecule has 5 nitrogen and oxygen atoms in total. The Morgan fingerprint density at radius 2 is 2.26 bits per heavy atom. The lowest BCUT2D eigenvalue weighted by atomic mass is 9.85. The van der Waals surface area contributed by atoms with Crippen LogP contribution < -0.4 is 5.32 Å². The van der Waals surface area contributed by atoms with Crippen LogP contribution in [0.15, 0.2) is 12.1 Å². The van der Waals surface area contributed by atoms with Gasteiger partial charge in [-0.25, -0.2) is 4.79 Å². The van der Waals surface area contributed by atoms with Crippen molar-refractivity contribution in [2.45, 2.75) is 38.3 Å². The molecule has 1 aliphatic rings. The number of hydrogen-bond acceptors (Lipinski definition) is 4. The molecule has 0 radical (unpaired) electrons. The minimum absolute atomic E-state index is 0.246. The second-order valence-electron chi connectivity index (χ2n) is 5.10. The highest BCUT2D eigenvalue weighted by molar-refractivity contribution is 5.87. The molecule has 0 bridgehead atoms. The van der Waals surface area contributed by atoms with Crippen LogP contribution in [0.5, 0.6) is 0 Å². The molecule has 0 saturated heterocycles. The molecule has 19 heavy (non-hydrogen) atoms. The van der Waals surface area contributed by atoms with Gasteiger partial charge in [0, 0.05) is 24.9 Å². The van der Waals surface area contributed by atoms with Crippen LogP contribution in [0.25, 0.3) is 0 Å². The van der Waals surface area contributed by atoms with Gasteiger partial charge >= 0.3 is 5.97 Å². The van der Waals surface area contributed by atoms with Gasteiger partial charge in [-0.15, -0.1) is 0 Å². The van der Waals surface area contributed by atoms with Crippen LogP contribution in [-0.2, 0) is 11.3 Å². The number of carbonyl (C=O) groups is 1. The number of aromatic nitrogens is 1. The number of H-pyrrole nitrogens is 1. The van der Waals surface area contributed by atoms with E-state index in [-0.39, 0.29) is 12.6 Å². The Labute approximate surface area is 113 Å². The van der Waals surface area contributed by atoms with Gasteiger partial charge in [0.2, 0.25) is 0 Å². The number of aromatic amines is 1. The molecule has 2 unspecified atom stereocenters. The first-order chi connectivity index (χ1) is 9.24. The number of aliphatic hydroxyl groups excluding tert-OH is 1. The molecule has 1 aromatic rings. The summed E-state index contributed by atoms with van der Waals surface area (Å²) in [5.41, 5.74) is 1.43. The molecule has 3 N–H and O–H groups in total. The average Bonchev–Trinajstić information content (AvgIpc) is 2.93. The summed E-state index contributed by atoms with van der Waals surface area (Å²) in [6.45, 7) is 0.925. The third-order valence-electron chi connectivity index (χ3n) is 3.85. The molecule has 1 aliphatic carbocycles. The van der Waals surface area contributed by atoms with Gasteiger partial charge < -0.3 is 20.1 Å². The normalized spacial score (nSPS) is 23.3. The van der Waals surface area contributed by atoms with E-state index in [4.69, 9.17) is 0 Å². The molecule has 0 spiro atoms. The van der Waals surface area contributed by atoms with Crippen LogP contribution in [0.3, 0.4) is 0 Å². The fraction of sp³-hybridized carbons (Fsp3) is 0.643. The summed E-state index contributed by atoms with van der Waals surface area (Å²) in [5.74, 6) is 0.000871. The van der Waals surface area contributed by atoms with E-state index in [1.54, 1.807) is 6.07 Å². The Balaban J connectivity index is 1.87. The zero-order chi connectivity index (χ0) is 13.7. The maximum atomic E-state index is 11.3. The number of nitrogens with one attached hydrogen (secondary N) is 2. The van der Waals surface area contributed by atoms with Crippen LogP contribution in [0, 0.1) is 5.92 Å². The van der Waals surface area contributed by atoms with Crippen molar-refractivity contribution in [2.75, 3.05) is 13.7 Å². The van der Waals surface area contributed by atoms with Gasteiger partial charge in [0.05, 0.1) is 7.11 Å². The molecule has 1 aromatic heterocycles. The third kappa shape index (κ3) is 3.58. The topological polar surface area (TPSA) is 74.3 Å². The molecule has 0 amide bonds. The first kappa shape index (κ1) is 14.1. The summed E-state index contributed by atoms with van der Waals surface area (Å²) >= 11 is 0. The predicted octanol–water partition coefficient (Wildman–Crippen LogP) is 1.44. The molecular weight excluding hydrogens is 244 g/mol. The second-order valence-corrected chi connectivity index (χ2v) is 5.10. The quantitative estimate of drug-likeness (QED) is 0.705. The average molecular weight is 266 g/mol. The van der Waals surface area contributed by atoms with E-state index >= 15 is 0 Å². The largest absolute Gasteiger partial charge is 0.464 e. The van der Waals surface area contributed by atoms with Gasteiger partial charge in [0.25, 0.3) is 0 Å². The van der Waals surface area contributed by atoms with E-state index in [9.17, 15) is 9.90 Å². The van der Waals surface area contributed by atoms with Crippen molar-refractivity contribution in [1.82, 2.24) is 10.3 Å². The Morgan fingerprint density at radius 3 is 3.00 bits per heavy atom. The smallest absolute Gasteiger partial charge is 0.354 e. The van der Waals surface area contributed by atoms with E-state index in [1.807, 2.05) is 6.07 Å². The SMILES string of the molecule is COC(=O)c1ccc(CNC2CCCCC2CO)[nH]1. The number of methoxy groups -OCH3 is 1. The molecule has 5 heteroatoms. The van der Waals surface area contributed by atoms with Crippen LogP contribution in [0.4, 0.5) is 0 Å². The van der Waals surface area contributed by atoms with Crippen molar-refractivity contribution in [2.24, 2.45) is 5.92 Å². The number of esters is 1. The predicted molar refractivity (Wildman–Crippen MR) is 71.8 cm³/mol. The van der Waals surface area contributed by atoms with Crippen molar-refractivity contribution >= 4 is 5.97 Å². The second kappa shape index (κ2) is 6.73. The Hall–Kier alpha value is -1.33. The van der Waals surface area contributed by atoms with Crippen molar-refractivity contribution < 1.29 is 14.6 Å². The van der Waals surface area contributed by atoms with Gasteiger partial charge in [0.15, 0.2) is 0 Å². The maximum absolute atomic E-state index is 11.3. The lowest BCUT2D eigenvalue weighted by molar-refractivity contribution is 0.0594. The molecule has 1 heterocycles. The minimum Gasteiger partial charge on any atom is -0.464 e. The first-order valence-electron chi connectivity index (χ1n) is 6.85. The molecular formula is C14H22N2O3. The standard InChI is InChI=1S/C14H22N2O3/c1-19-14(18)13-7-6-11(16-13)8-15-12-5-3-2-4-10(12)9-17/h6-7,10,12,15-17H,2-5,8-9H2,1H3. The van der Waals surface area contributed by atoms with E-state index in [0.717, 1.165) is 18.5 Å². The molecule has 2 rings (SSSR count). The summed E-state index contributed by atoms with van der Waals surface area (Å²) in [6.07, 6.45) is 4.62. The number of aliphatic hydroxyl groups is 1. The summed E-state index contributed by atoms with van der Waals surface area (Å²) in [7, 11) is 1.37. The Morgan fingerprint density at radius 1 is 1.47 bits per heavy atom. The zero-order valence-electron chi connectivity index (χ0n) is 11.3. The first-order valence-corrected chi connectivity index (χ1v) is 6.85. The molecule has 106 valence electrons. The van der Waals surface area contributed by atoms with E-state index in [1.165, 1.54) is 20.0 Å². The van der Waals surface area contributed by atoms with Gasteiger partial charge in [0.1, 0.15) is 5.69 Å². The number of hydrogen-bond donors (Lipinski definition) is 3. The van der Waals surface area contributed by atoms with Crippen LogP contribution in [-0.4, -0.2) is 35.8 Å². The van der Waals surface area contributed by atoms with E-state index in [0.29, 0.717) is 24.2 Å². The summed E-state index contributed by atoms with van der Waals surface area (Å²) in [4.78, 5) is 14.4. The van der Waals surface area contributed by atoms with Crippen molar-refractivity contribution in [3.8, 4) is 0 Å². The summed E-state index contributed by atoms with van der Waals surface area (Å²) in [5, 5.41) is 12.8. The fourth-order valence-corrected chi connectivity index (χ4v) is 2.71. The maximum Gasteiger partial charge on any atom is 0.354 e. The molecule has 0 aliphatic heterocycles. The van der Waals surface area contributed by atoms with Gasteiger partial charge in [-0.2, -0.15) is 0 Å². The van der Waals surface area contributed by atoms with Crippen molar-refractivity contribution in [3.63, 3.8) is 0 Å². The number of rotatable bonds is 5. The summed E-state index contributed by atoms with van der Waals surface area (Å²) in [6, 6.07) is 3.98. The molecule has 1 fully saturated rings. The molecule has 1 saturated carbocycles. The van der Waals surface area contributed by atoms with Gasteiger partial charge in [-0.3, -0.25) is 0 Å². The number of carbonyl (C=O) groups excluding carboxylic acids is 1. The summed E-state index contributed by atoms with van der Waals surface area (Å²) < 4.78 is 4.65. The zero-order valence-corrected chi connectivity index (χ0v) is 11.3. The number of ether oxygens (including phenoxy) is 1. The van der Waals surface area contributed by atoms with Crippen molar-refractivity contribution in [1.29, 1.82) is 0 Å². The highest BCUT2D eigenvalue weighted by Crippen LogP contribution is 2.24. The Bertz CT molecular complexity index is 417.